The van der Waals surface area contributed by atoms with Crippen molar-refractivity contribution < 1.29 is 0 Å². The Bertz CT molecular complexity index is 576. The molecule has 0 aliphatic heterocycles. The Kier molecular flexibility index (Phi) is 8.98. The van der Waals surface area contributed by atoms with Crippen LogP contribution in [-0.2, 0) is 6.42 Å². The van der Waals surface area contributed by atoms with Crippen molar-refractivity contribution in [3.05, 3.63) is 63.6 Å². The van der Waals surface area contributed by atoms with Crippen molar-refractivity contribution in [2.75, 3.05) is 12.8 Å². The molecule has 0 heterocycles. The van der Waals surface area contributed by atoms with Gasteiger partial charge in [0.15, 0.2) is 0 Å². The van der Waals surface area contributed by atoms with E-state index in [9.17, 15) is 0 Å². The highest BCUT2D eigenvalue weighted by atomic mass is 79.9. The number of anilines is 1. The number of rotatable bonds is 4. The molecule has 2 aromatic rings. The third-order valence-electron chi connectivity index (χ3n) is 3.44. The molecule has 5 heteroatoms. The van der Waals surface area contributed by atoms with Gasteiger partial charge in [0.05, 0.1) is 0 Å². The molecule has 0 amide bonds. The van der Waals surface area contributed by atoms with Crippen molar-refractivity contribution >= 4 is 46.4 Å². The van der Waals surface area contributed by atoms with Crippen LogP contribution in [-0.4, -0.2) is 7.05 Å². The number of halogens is 3. The standard InChI is InChI=1S/C16H19BrN2.2ClH/c1-11-5-3-4-6-14(11)16(19-2)10-12-9-13(17)7-8-15(12)18;;/h3-9,16,19H,10,18H2,1-2H3;2*1H. The minimum atomic E-state index is 0. The van der Waals surface area contributed by atoms with E-state index in [1.165, 1.54) is 11.1 Å². The smallest absolute Gasteiger partial charge is 0.0361 e. The van der Waals surface area contributed by atoms with Crippen LogP contribution in [0.15, 0.2) is 46.9 Å². The van der Waals surface area contributed by atoms with Crippen molar-refractivity contribution in [1.29, 1.82) is 0 Å². The molecule has 0 saturated carbocycles. The molecule has 0 aliphatic rings. The summed E-state index contributed by atoms with van der Waals surface area (Å²) in [7, 11) is 1.99. The van der Waals surface area contributed by atoms with E-state index in [1.807, 2.05) is 19.2 Å². The monoisotopic (exact) mass is 390 g/mol. The lowest BCUT2D eigenvalue weighted by molar-refractivity contribution is 0.589. The highest BCUT2D eigenvalue weighted by molar-refractivity contribution is 9.10. The maximum atomic E-state index is 6.06. The lowest BCUT2D eigenvalue weighted by Crippen LogP contribution is -2.20. The Hall–Kier alpha value is -0.740. The molecule has 0 aliphatic carbocycles. The Morgan fingerprint density at radius 3 is 2.43 bits per heavy atom. The average molecular weight is 392 g/mol. The number of hydrogen-bond acceptors (Lipinski definition) is 2. The van der Waals surface area contributed by atoms with Gasteiger partial charge < -0.3 is 11.1 Å². The Morgan fingerprint density at radius 2 is 1.81 bits per heavy atom. The van der Waals surface area contributed by atoms with E-state index in [0.29, 0.717) is 0 Å². The first-order valence-electron chi connectivity index (χ1n) is 6.38. The van der Waals surface area contributed by atoms with Gasteiger partial charge in [-0.2, -0.15) is 0 Å². The quantitative estimate of drug-likeness (QED) is 0.742. The summed E-state index contributed by atoms with van der Waals surface area (Å²) >= 11 is 3.50. The van der Waals surface area contributed by atoms with Crippen LogP contribution in [0.4, 0.5) is 5.69 Å². The summed E-state index contributed by atoms with van der Waals surface area (Å²) in [6, 6.07) is 14.8. The zero-order valence-electron chi connectivity index (χ0n) is 12.1. The van der Waals surface area contributed by atoms with Crippen molar-refractivity contribution in [2.45, 2.75) is 19.4 Å². The van der Waals surface area contributed by atoms with Gasteiger partial charge >= 0.3 is 0 Å². The van der Waals surface area contributed by atoms with E-state index in [1.54, 1.807) is 0 Å². The second-order valence-corrected chi connectivity index (χ2v) is 5.66. The first-order valence-corrected chi connectivity index (χ1v) is 7.18. The molecule has 2 aromatic carbocycles. The number of nitrogens with two attached hydrogens (primary N) is 1. The van der Waals surface area contributed by atoms with E-state index >= 15 is 0 Å². The fraction of sp³-hybridized carbons (Fsp3) is 0.250. The second-order valence-electron chi connectivity index (χ2n) is 4.75. The first kappa shape index (κ1) is 20.3. The summed E-state index contributed by atoms with van der Waals surface area (Å²) < 4.78 is 1.07. The third kappa shape index (κ3) is 5.19. The van der Waals surface area contributed by atoms with Crippen LogP contribution in [0.25, 0.3) is 0 Å². The predicted molar refractivity (Wildman–Crippen MR) is 99.7 cm³/mol. The van der Waals surface area contributed by atoms with E-state index in [4.69, 9.17) is 5.73 Å². The van der Waals surface area contributed by atoms with Gasteiger partial charge in [0.25, 0.3) is 0 Å². The normalized spacial score (nSPS) is 11.2. The number of likely N-dealkylation sites (N-methyl/N-ethyl adjacent to an activating group) is 1. The van der Waals surface area contributed by atoms with Gasteiger partial charge in [-0.3, -0.25) is 0 Å². The molecule has 0 bridgehead atoms. The average Bonchev–Trinajstić information content (AvgIpc) is 2.41. The number of hydrogen-bond donors (Lipinski definition) is 2. The van der Waals surface area contributed by atoms with Crippen molar-refractivity contribution in [1.82, 2.24) is 5.32 Å². The lowest BCUT2D eigenvalue weighted by atomic mass is 9.95. The van der Waals surface area contributed by atoms with Crippen molar-refractivity contribution in [3.8, 4) is 0 Å². The molecule has 0 aromatic heterocycles. The summed E-state index contributed by atoms with van der Waals surface area (Å²) in [6.07, 6.45) is 0.882. The molecule has 2 rings (SSSR count). The van der Waals surface area contributed by atoms with Crippen LogP contribution >= 0.6 is 40.7 Å². The van der Waals surface area contributed by atoms with Gasteiger partial charge in [-0.25, -0.2) is 0 Å². The van der Waals surface area contributed by atoms with Crippen molar-refractivity contribution in [3.63, 3.8) is 0 Å². The molecule has 2 nitrogen and oxygen atoms in total. The molecule has 0 radical (unpaired) electrons. The van der Waals surface area contributed by atoms with Crippen molar-refractivity contribution in [2.24, 2.45) is 0 Å². The highest BCUT2D eigenvalue weighted by Crippen LogP contribution is 2.26. The zero-order chi connectivity index (χ0) is 13.8. The van der Waals surface area contributed by atoms with E-state index in [2.05, 4.69) is 58.5 Å². The molecule has 21 heavy (non-hydrogen) atoms. The summed E-state index contributed by atoms with van der Waals surface area (Å²) in [5.41, 5.74) is 10.7. The van der Waals surface area contributed by atoms with Crippen LogP contribution < -0.4 is 11.1 Å². The maximum Gasteiger partial charge on any atom is 0.0361 e. The molecule has 3 N–H and O–H groups in total. The van der Waals surface area contributed by atoms with E-state index in [-0.39, 0.29) is 30.9 Å². The summed E-state index contributed by atoms with van der Waals surface area (Å²) in [5.74, 6) is 0. The van der Waals surface area contributed by atoms with Gasteiger partial charge in [-0.15, -0.1) is 24.8 Å². The zero-order valence-corrected chi connectivity index (χ0v) is 15.3. The summed E-state index contributed by atoms with van der Waals surface area (Å²) in [6.45, 7) is 2.14. The van der Waals surface area contributed by atoms with Gasteiger partial charge in [-0.1, -0.05) is 40.2 Å². The summed E-state index contributed by atoms with van der Waals surface area (Å²) in [4.78, 5) is 0. The van der Waals surface area contributed by atoms with Crippen LogP contribution in [0, 0.1) is 6.92 Å². The fourth-order valence-corrected chi connectivity index (χ4v) is 2.72. The minimum Gasteiger partial charge on any atom is -0.399 e. The predicted octanol–water partition coefficient (Wildman–Crippen LogP) is 4.69. The molecule has 1 atom stereocenters. The van der Waals surface area contributed by atoms with Gasteiger partial charge in [0, 0.05) is 16.2 Å². The molecular formula is C16H21BrCl2N2. The molecule has 0 saturated heterocycles. The Labute approximate surface area is 147 Å². The third-order valence-corrected chi connectivity index (χ3v) is 3.93. The number of benzene rings is 2. The van der Waals surface area contributed by atoms with Crippen LogP contribution in [0.1, 0.15) is 22.7 Å². The van der Waals surface area contributed by atoms with Gasteiger partial charge in [0.2, 0.25) is 0 Å². The van der Waals surface area contributed by atoms with Crippen LogP contribution in [0.2, 0.25) is 0 Å². The Balaban J connectivity index is 0.00000200. The highest BCUT2D eigenvalue weighted by Gasteiger charge is 2.13. The number of nitrogens with one attached hydrogen (secondary N) is 1. The number of aryl methyl sites for hydroxylation is 1. The molecular weight excluding hydrogens is 371 g/mol. The van der Waals surface area contributed by atoms with E-state index in [0.717, 1.165) is 22.1 Å². The van der Waals surface area contributed by atoms with E-state index < -0.39 is 0 Å². The number of nitrogen functional groups attached to an aromatic ring is 1. The van der Waals surface area contributed by atoms with Gasteiger partial charge in [-0.05, 0) is 55.3 Å². The molecule has 0 fully saturated rings. The minimum absolute atomic E-state index is 0. The molecule has 116 valence electrons. The topological polar surface area (TPSA) is 38.0 Å². The van der Waals surface area contributed by atoms with Crippen LogP contribution in [0.3, 0.4) is 0 Å². The van der Waals surface area contributed by atoms with Crippen LogP contribution in [0.5, 0.6) is 0 Å². The Morgan fingerprint density at radius 1 is 1.14 bits per heavy atom. The maximum absolute atomic E-state index is 6.06. The molecule has 0 spiro atoms. The SMILES string of the molecule is CNC(Cc1cc(Br)ccc1N)c1ccccc1C.Cl.Cl. The summed E-state index contributed by atoms with van der Waals surface area (Å²) in [5, 5.41) is 3.38. The van der Waals surface area contributed by atoms with Gasteiger partial charge in [0.1, 0.15) is 0 Å². The molecule has 1 unspecified atom stereocenters. The second kappa shape index (κ2) is 9.31. The first-order chi connectivity index (χ1) is 9.11. The lowest BCUT2D eigenvalue weighted by Gasteiger charge is -2.20. The largest absolute Gasteiger partial charge is 0.399 e. The fourth-order valence-electron chi connectivity index (χ4n) is 2.32.